The smallest absolute Gasteiger partial charge is 0.0689 e. The third-order valence-electron chi connectivity index (χ3n) is 1.97. The minimum Gasteiger partial charge on any atom is -0.128 e. The molecule has 0 aliphatic carbocycles. The van der Waals surface area contributed by atoms with E-state index in [1.165, 1.54) is 26.6 Å². The molecule has 0 bridgehead atoms. The van der Waals surface area contributed by atoms with Gasteiger partial charge in [0.2, 0.25) is 0 Å². The normalized spacial score (nSPS) is 10.9. The highest BCUT2D eigenvalue weighted by atomic mass is 127. The summed E-state index contributed by atoms with van der Waals surface area (Å²) in [5.41, 5.74) is 2.80. The number of halogens is 2. The fourth-order valence-corrected chi connectivity index (χ4v) is 5.22. The van der Waals surface area contributed by atoms with Crippen LogP contribution in [0.2, 0.25) is 0 Å². The van der Waals surface area contributed by atoms with Gasteiger partial charge in [-0.3, -0.25) is 0 Å². The molecule has 0 aromatic carbocycles. The number of thiophene rings is 2. The first-order valence-electron chi connectivity index (χ1n) is 4.10. The van der Waals surface area contributed by atoms with Crippen LogP contribution in [0.3, 0.4) is 0 Å². The van der Waals surface area contributed by atoms with E-state index in [9.17, 15) is 0 Å². The van der Waals surface area contributed by atoms with Crippen molar-refractivity contribution >= 4 is 67.9 Å². The lowest BCUT2D eigenvalue weighted by Gasteiger charge is -1.92. The topological polar surface area (TPSA) is 0 Å². The van der Waals surface area contributed by atoms with Crippen LogP contribution in [0, 0.1) is 19.6 Å². The van der Waals surface area contributed by atoms with E-state index in [1.54, 1.807) is 0 Å². The van der Waals surface area contributed by atoms with Crippen molar-refractivity contribution in [1.29, 1.82) is 0 Å². The highest BCUT2D eigenvalue weighted by Gasteiger charge is 2.10. The van der Waals surface area contributed by atoms with E-state index in [0.29, 0.717) is 0 Å². The monoisotopic (exact) mass is 446 g/mol. The van der Waals surface area contributed by atoms with Crippen LogP contribution in [0.5, 0.6) is 0 Å². The van der Waals surface area contributed by atoms with Gasteiger partial charge in [-0.1, -0.05) is 0 Å². The maximum absolute atomic E-state index is 2.41. The maximum atomic E-state index is 2.41. The summed E-state index contributed by atoms with van der Waals surface area (Å²) in [5.74, 6) is 0. The van der Waals surface area contributed by atoms with Gasteiger partial charge < -0.3 is 0 Å². The molecule has 0 saturated carbocycles. The predicted molar refractivity (Wildman–Crippen MR) is 82.5 cm³/mol. The minimum absolute atomic E-state index is 1.37. The molecule has 0 fully saturated rings. The summed E-state index contributed by atoms with van der Waals surface area (Å²) in [5, 5.41) is 0. The first-order valence-corrected chi connectivity index (χ1v) is 7.89. The molecular formula is C10H8I2S2. The summed E-state index contributed by atoms with van der Waals surface area (Å²) < 4.78 is 2.77. The highest BCUT2D eigenvalue weighted by molar-refractivity contribution is 14.1. The van der Waals surface area contributed by atoms with Crippen LogP contribution in [0.4, 0.5) is 0 Å². The third-order valence-corrected chi connectivity index (χ3v) is 6.68. The molecular weight excluding hydrogens is 438 g/mol. The molecule has 0 nitrogen and oxygen atoms in total. The Balaban J connectivity index is 2.54. The number of hydrogen-bond acceptors (Lipinski definition) is 2. The van der Waals surface area contributed by atoms with Gasteiger partial charge in [0.25, 0.3) is 0 Å². The van der Waals surface area contributed by atoms with Crippen molar-refractivity contribution in [3.8, 4) is 9.75 Å². The molecule has 74 valence electrons. The fourth-order valence-electron chi connectivity index (χ4n) is 1.26. The van der Waals surface area contributed by atoms with Gasteiger partial charge in [-0.2, -0.15) is 0 Å². The van der Waals surface area contributed by atoms with Crippen LogP contribution in [0.25, 0.3) is 9.75 Å². The van der Waals surface area contributed by atoms with Gasteiger partial charge in [0.15, 0.2) is 0 Å². The molecule has 2 aromatic heterocycles. The van der Waals surface area contributed by atoms with Gasteiger partial charge in [-0.25, -0.2) is 0 Å². The first-order chi connectivity index (χ1) is 6.58. The van der Waals surface area contributed by atoms with Gasteiger partial charge in [0.1, 0.15) is 0 Å². The summed E-state index contributed by atoms with van der Waals surface area (Å²) in [6.07, 6.45) is 0. The van der Waals surface area contributed by atoms with Crippen LogP contribution in [0.1, 0.15) is 11.1 Å². The first kappa shape index (κ1) is 11.3. The van der Waals surface area contributed by atoms with Crippen molar-refractivity contribution < 1.29 is 0 Å². The number of rotatable bonds is 1. The van der Waals surface area contributed by atoms with E-state index in [1.807, 2.05) is 22.7 Å². The highest BCUT2D eigenvalue weighted by Crippen LogP contribution is 2.38. The largest absolute Gasteiger partial charge is 0.128 e. The minimum atomic E-state index is 1.37. The standard InChI is InChI=1S/C10H8I2S2/c1-5-4-8(11)14-9(5)7-3-6(2)10(12)13-7/h3-4H,1-2H3. The molecule has 0 amide bonds. The molecule has 0 aliphatic rings. The lowest BCUT2D eigenvalue weighted by molar-refractivity contribution is 1.51. The number of hydrogen-bond donors (Lipinski definition) is 0. The van der Waals surface area contributed by atoms with E-state index in [2.05, 4.69) is 71.2 Å². The maximum Gasteiger partial charge on any atom is 0.0689 e. The summed E-state index contributed by atoms with van der Waals surface area (Å²) in [6.45, 7) is 4.37. The molecule has 2 rings (SSSR count). The van der Waals surface area contributed by atoms with Gasteiger partial charge in [0, 0.05) is 9.75 Å². The van der Waals surface area contributed by atoms with E-state index in [4.69, 9.17) is 0 Å². The van der Waals surface area contributed by atoms with Crippen molar-refractivity contribution in [1.82, 2.24) is 0 Å². The van der Waals surface area contributed by atoms with Crippen LogP contribution < -0.4 is 0 Å². The molecule has 14 heavy (non-hydrogen) atoms. The van der Waals surface area contributed by atoms with Gasteiger partial charge >= 0.3 is 0 Å². The molecule has 2 aromatic rings. The van der Waals surface area contributed by atoms with E-state index < -0.39 is 0 Å². The van der Waals surface area contributed by atoms with Crippen LogP contribution in [-0.4, -0.2) is 0 Å². The second kappa shape index (κ2) is 4.39. The average molecular weight is 446 g/mol. The van der Waals surface area contributed by atoms with Gasteiger partial charge in [0.05, 0.1) is 5.77 Å². The zero-order valence-corrected chi connectivity index (χ0v) is 13.7. The van der Waals surface area contributed by atoms with E-state index >= 15 is 0 Å². The molecule has 0 atom stereocenters. The van der Waals surface area contributed by atoms with Crippen LogP contribution in [0.15, 0.2) is 12.1 Å². The SMILES string of the molecule is Cc1cc(-c2sc(I)cc2C)sc1I. The van der Waals surface area contributed by atoms with Crippen molar-refractivity contribution in [3.63, 3.8) is 0 Å². The Morgan fingerprint density at radius 3 is 2.14 bits per heavy atom. The summed E-state index contributed by atoms with van der Waals surface area (Å²) >= 11 is 8.57. The molecule has 2 heterocycles. The van der Waals surface area contributed by atoms with Crippen molar-refractivity contribution in [2.75, 3.05) is 0 Å². The Bertz CT molecular complexity index is 449. The third kappa shape index (κ3) is 2.17. The average Bonchev–Trinajstić information content (AvgIpc) is 2.57. The Hall–Kier alpha value is 0.860. The number of aryl methyl sites for hydroxylation is 2. The summed E-state index contributed by atoms with van der Waals surface area (Å²) in [4.78, 5) is 2.85. The zero-order chi connectivity index (χ0) is 10.3. The summed E-state index contributed by atoms with van der Waals surface area (Å²) in [7, 11) is 0. The predicted octanol–water partition coefficient (Wildman–Crippen LogP) is 5.30. The quantitative estimate of drug-likeness (QED) is 0.522. The molecule has 0 unspecified atom stereocenters. The second-order valence-corrected chi connectivity index (χ2v) is 8.94. The molecule has 4 heteroatoms. The molecule has 0 aliphatic heterocycles. The fraction of sp³-hybridized carbons (Fsp3) is 0.200. The van der Waals surface area contributed by atoms with E-state index in [-0.39, 0.29) is 0 Å². The zero-order valence-electron chi connectivity index (χ0n) is 7.73. The lowest BCUT2D eigenvalue weighted by atomic mass is 10.2. The summed E-state index contributed by atoms with van der Waals surface area (Å²) in [6, 6.07) is 4.55. The van der Waals surface area contributed by atoms with Crippen LogP contribution in [-0.2, 0) is 0 Å². The van der Waals surface area contributed by atoms with E-state index in [0.717, 1.165) is 0 Å². The second-order valence-electron chi connectivity index (χ2n) is 3.13. The molecule has 0 N–H and O–H groups in total. The lowest BCUT2D eigenvalue weighted by Crippen LogP contribution is -1.67. The van der Waals surface area contributed by atoms with Crippen molar-refractivity contribution in [2.24, 2.45) is 0 Å². The van der Waals surface area contributed by atoms with Crippen molar-refractivity contribution in [3.05, 3.63) is 29.0 Å². The molecule has 0 radical (unpaired) electrons. The Morgan fingerprint density at radius 2 is 1.71 bits per heavy atom. The Labute approximate surface area is 119 Å². The Morgan fingerprint density at radius 1 is 1.00 bits per heavy atom. The molecule has 0 spiro atoms. The van der Waals surface area contributed by atoms with Gasteiger partial charge in [-0.15, -0.1) is 22.7 Å². The van der Waals surface area contributed by atoms with Crippen LogP contribution >= 0.6 is 67.9 Å². The van der Waals surface area contributed by atoms with Crippen molar-refractivity contribution in [2.45, 2.75) is 13.8 Å². The van der Waals surface area contributed by atoms with Gasteiger partial charge in [-0.05, 0) is 82.3 Å². The Kier molecular flexibility index (Phi) is 3.56. The molecule has 0 saturated heterocycles.